The molecular formula is C13H19BrN2O2. The van der Waals surface area contributed by atoms with Crippen molar-refractivity contribution in [2.24, 2.45) is 5.73 Å². The molecule has 18 heavy (non-hydrogen) atoms. The fourth-order valence-electron chi connectivity index (χ4n) is 1.34. The lowest BCUT2D eigenvalue weighted by atomic mass is 10.2. The number of amides is 1. The van der Waals surface area contributed by atoms with Crippen LogP contribution in [0.15, 0.2) is 28.7 Å². The zero-order chi connectivity index (χ0) is 13.4. The number of para-hydroxylation sites is 1. The maximum Gasteiger partial charge on any atom is 0.223 e. The molecule has 1 atom stereocenters. The molecule has 0 saturated carbocycles. The number of nitrogens with two attached hydrogens (primary N) is 1. The fraction of sp³-hybridized carbons (Fsp3) is 0.462. The van der Waals surface area contributed by atoms with Gasteiger partial charge in [-0.25, -0.2) is 0 Å². The molecule has 0 heterocycles. The number of nitrogens with one attached hydrogen (secondary N) is 1. The van der Waals surface area contributed by atoms with Gasteiger partial charge in [0, 0.05) is 12.6 Å². The Kier molecular flexibility index (Phi) is 6.75. The van der Waals surface area contributed by atoms with Gasteiger partial charge in [-0.2, -0.15) is 0 Å². The predicted octanol–water partition coefficient (Wildman–Crippen LogP) is 2.07. The van der Waals surface area contributed by atoms with Crippen molar-refractivity contribution in [2.45, 2.75) is 25.8 Å². The van der Waals surface area contributed by atoms with E-state index in [-0.39, 0.29) is 11.9 Å². The topological polar surface area (TPSA) is 64.3 Å². The highest BCUT2D eigenvalue weighted by Crippen LogP contribution is 2.23. The van der Waals surface area contributed by atoms with Gasteiger partial charge in [0.2, 0.25) is 5.91 Å². The monoisotopic (exact) mass is 314 g/mol. The molecular weight excluding hydrogens is 296 g/mol. The van der Waals surface area contributed by atoms with E-state index in [1.807, 2.05) is 31.2 Å². The standard InChI is InChI=1S/C13H19BrN2O2/c1-10(15)6-8-16-13(17)7-9-18-12-5-3-2-4-11(12)14/h2-5,10H,6-9,15H2,1H3,(H,16,17). The van der Waals surface area contributed by atoms with E-state index in [0.717, 1.165) is 16.6 Å². The first-order chi connectivity index (χ1) is 8.59. The maximum atomic E-state index is 11.5. The number of halogens is 1. The van der Waals surface area contributed by atoms with Crippen molar-refractivity contribution in [3.63, 3.8) is 0 Å². The number of carbonyl (C=O) groups excluding carboxylic acids is 1. The summed E-state index contributed by atoms with van der Waals surface area (Å²) in [7, 11) is 0. The molecule has 5 heteroatoms. The van der Waals surface area contributed by atoms with Gasteiger partial charge in [-0.1, -0.05) is 12.1 Å². The van der Waals surface area contributed by atoms with Crippen LogP contribution < -0.4 is 15.8 Å². The van der Waals surface area contributed by atoms with Crippen molar-refractivity contribution in [3.8, 4) is 5.75 Å². The first-order valence-electron chi connectivity index (χ1n) is 5.99. The zero-order valence-electron chi connectivity index (χ0n) is 10.5. The molecule has 0 fully saturated rings. The molecule has 1 amide bonds. The van der Waals surface area contributed by atoms with E-state index in [0.29, 0.717) is 19.6 Å². The lowest BCUT2D eigenvalue weighted by molar-refractivity contribution is -0.121. The third-order valence-electron chi connectivity index (χ3n) is 2.35. The van der Waals surface area contributed by atoms with Gasteiger partial charge in [-0.15, -0.1) is 0 Å². The van der Waals surface area contributed by atoms with Crippen LogP contribution in [0, 0.1) is 0 Å². The third-order valence-corrected chi connectivity index (χ3v) is 3.00. The first kappa shape index (κ1) is 15.0. The van der Waals surface area contributed by atoms with E-state index in [1.165, 1.54) is 0 Å². The third kappa shape index (κ3) is 6.02. The van der Waals surface area contributed by atoms with E-state index < -0.39 is 0 Å². The Balaban J connectivity index is 2.18. The van der Waals surface area contributed by atoms with Crippen LogP contribution in [0.25, 0.3) is 0 Å². The van der Waals surface area contributed by atoms with Crippen LogP contribution in [0.3, 0.4) is 0 Å². The Morgan fingerprint density at radius 1 is 1.50 bits per heavy atom. The van der Waals surface area contributed by atoms with Crippen molar-refractivity contribution in [2.75, 3.05) is 13.2 Å². The highest BCUT2D eigenvalue weighted by Gasteiger charge is 2.03. The van der Waals surface area contributed by atoms with E-state index in [1.54, 1.807) is 0 Å². The van der Waals surface area contributed by atoms with Crippen LogP contribution in [-0.4, -0.2) is 25.1 Å². The zero-order valence-corrected chi connectivity index (χ0v) is 12.1. The van der Waals surface area contributed by atoms with Crippen molar-refractivity contribution < 1.29 is 9.53 Å². The summed E-state index contributed by atoms with van der Waals surface area (Å²) in [6.45, 7) is 2.90. The number of ether oxygens (including phenoxy) is 1. The normalized spacial score (nSPS) is 11.9. The molecule has 0 aliphatic carbocycles. The molecule has 0 spiro atoms. The van der Waals surface area contributed by atoms with Gasteiger partial charge in [0.05, 0.1) is 17.5 Å². The smallest absolute Gasteiger partial charge is 0.223 e. The van der Waals surface area contributed by atoms with Gasteiger partial charge in [0.25, 0.3) is 0 Å². The van der Waals surface area contributed by atoms with Crippen molar-refractivity contribution in [1.82, 2.24) is 5.32 Å². The van der Waals surface area contributed by atoms with Gasteiger partial charge in [-0.3, -0.25) is 4.79 Å². The minimum atomic E-state index is -0.0114. The second kappa shape index (κ2) is 8.11. The summed E-state index contributed by atoms with van der Waals surface area (Å²) in [4.78, 5) is 11.5. The second-order valence-corrected chi connectivity index (χ2v) is 5.00. The Hall–Kier alpha value is -1.07. The lowest BCUT2D eigenvalue weighted by Crippen LogP contribution is -2.29. The van der Waals surface area contributed by atoms with E-state index in [2.05, 4.69) is 21.2 Å². The van der Waals surface area contributed by atoms with Gasteiger partial charge in [-0.05, 0) is 41.4 Å². The average Bonchev–Trinajstić information content (AvgIpc) is 2.31. The summed E-state index contributed by atoms with van der Waals surface area (Å²) in [6.07, 6.45) is 1.14. The largest absolute Gasteiger partial charge is 0.492 e. The molecule has 0 aliphatic rings. The number of rotatable bonds is 7. The quantitative estimate of drug-likeness (QED) is 0.809. The molecule has 1 aromatic carbocycles. The Morgan fingerprint density at radius 3 is 2.89 bits per heavy atom. The summed E-state index contributed by atoms with van der Waals surface area (Å²) in [6, 6.07) is 7.68. The van der Waals surface area contributed by atoms with Crippen molar-refractivity contribution in [1.29, 1.82) is 0 Å². The predicted molar refractivity (Wildman–Crippen MR) is 75.5 cm³/mol. The second-order valence-electron chi connectivity index (χ2n) is 4.14. The SMILES string of the molecule is CC(N)CCNC(=O)CCOc1ccccc1Br. The average molecular weight is 315 g/mol. The molecule has 1 rings (SSSR count). The van der Waals surface area contributed by atoms with Crippen LogP contribution in [0.5, 0.6) is 5.75 Å². The van der Waals surface area contributed by atoms with Crippen LogP contribution >= 0.6 is 15.9 Å². The number of carbonyl (C=O) groups is 1. The molecule has 0 aromatic heterocycles. The molecule has 1 aromatic rings. The van der Waals surface area contributed by atoms with E-state index in [4.69, 9.17) is 10.5 Å². The molecule has 1 unspecified atom stereocenters. The Labute approximate surface area is 116 Å². The molecule has 100 valence electrons. The molecule has 0 saturated heterocycles. The molecule has 3 N–H and O–H groups in total. The summed E-state index contributed by atoms with van der Waals surface area (Å²) >= 11 is 3.38. The van der Waals surface area contributed by atoms with Gasteiger partial charge < -0.3 is 15.8 Å². The van der Waals surface area contributed by atoms with E-state index in [9.17, 15) is 4.79 Å². The number of hydrogen-bond donors (Lipinski definition) is 2. The Bertz CT molecular complexity index is 383. The molecule has 4 nitrogen and oxygen atoms in total. The molecule has 0 radical (unpaired) electrons. The summed E-state index contributed by atoms with van der Waals surface area (Å²) in [5.41, 5.74) is 5.59. The summed E-state index contributed by atoms with van der Waals surface area (Å²) in [5.74, 6) is 0.739. The van der Waals surface area contributed by atoms with Crippen LogP contribution in [0.1, 0.15) is 19.8 Å². The van der Waals surface area contributed by atoms with Crippen LogP contribution in [0.2, 0.25) is 0 Å². The first-order valence-corrected chi connectivity index (χ1v) is 6.78. The minimum Gasteiger partial charge on any atom is -0.492 e. The minimum absolute atomic E-state index is 0.0114. The van der Waals surface area contributed by atoms with Crippen molar-refractivity contribution >= 4 is 21.8 Å². The highest BCUT2D eigenvalue weighted by molar-refractivity contribution is 9.10. The van der Waals surface area contributed by atoms with Gasteiger partial charge in [0.1, 0.15) is 5.75 Å². The fourth-order valence-corrected chi connectivity index (χ4v) is 1.74. The van der Waals surface area contributed by atoms with E-state index >= 15 is 0 Å². The summed E-state index contributed by atoms with van der Waals surface area (Å²) < 4.78 is 6.39. The van der Waals surface area contributed by atoms with Crippen LogP contribution in [-0.2, 0) is 4.79 Å². The highest BCUT2D eigenvalue weighted by atomic mass is 79.9. The lowest BCUT2D eigenvalue weighted by Gasteiger charge is -2.09. The molecule has 0 aliphatic heterocycles. The van der Waals surface area contributed by atoms with Gasteiger partial charge in [0.15, 0.2) is 0 Å². The maximum absolute atomic E-state index is 11.5. The van der Waals surface area contributed by atoms with Crippen LogP contribution in [0.4, 0.5) is 0 Å². The number of benzene rings is 1. The summed E-state index contributed by atoms with van der Waals surface area (Å²) in [5, 5.41) is 2.80. The number of hydrogen-bond acceptors (Lipinski definition) is 3. The molecule has 0 bridgehead atoms. The van der Waals surface area contributed by atoms with Crippen molar-refractivity contribution in [3.05, 3.63) is 28.7 Å². The Morgan fingerprint density at radius 2 is 2.22 bits per heavy atom. The van der Waals surface area contributed by atoms with Gasteiger partial charge >= 0.3 is 0 Å².